The summed E-state index contributed by atoms with van der Waals surface area (Å²) in [6.07, 6.45) is 5.54. The van der Waals surface area contributed by atoms with Gasteiger partial charge in [0.05, 0.1) is 43.4 Å². The molecule has 1 aromatic heterocycles. The third-order valence-electron chi connectivity index (χ3n) is 6.08. The Morgan fingerprint density at radius 3 is 2.51 bits per heavy atom. The fourth-order valence-electron chi connectivity index (χ4n) is 4.01. The van der Waals surface area contributed by atoms with E-state index in [4.69, 9.17) is 9.47 Å². The van der Waals surface area contributed by atoms with Gasteiger partial charge in [0.2, 0.25) is 16.0 Å². The van der Waals surface area contributed by atoms with Crippen molar-refractivity contribution in [3.8, 4) is 11.3 Å². The number of hydrogen-bond donors (Lipinski definition) is 0. The van der Waals surface area contributed by atoms with Crippen molar-refractivity contribution in [1.29, 1.82) is 0 Å². The third kappa shape index (κ3) is 6.43. The Balaban J connectivity index is 2.08. The predicted molar refractivity (Wildman–Crippen MR) is 133 cm³/mol. The van der Waals surface area contributed by atoms with Gasteiger partial charge in [-0.05, 0) is 43.5 Å². The van der Waals surface area contributed by atoms with Gasteiger partial charge in [0.1, 0.15) is 5.82 Å². The van der Waals surface area contributed by atoms with Gasteiger partial charge in [-0.15, -0.1) is 0 Å². The zero-order chi connectivity index (χ0) is 25.9. The molecule has 0 spiro atoms. The second-order valence-corrected chi connectivity index (χ2v) is 11.1. The molecule has 1 fully saturated rings. The molecule has 35 heavy (non-hydrogen) atoms. The summed E-state index contributed by atoms with van der Waals surface area (Å²) < 4.78 is 49.7. The molecular weight excluding hydrogens is 473 g/mol. The van der Waals surface area contributed by atoms with Crippen LogP contribution in [0.3, 0.4) is 0 Å². The van der Waals surface area contributed by atoms with Gasteiger partial charge in [-0.1, -0.05) is 26.0 Å². The molecule has 3 unspecified atom stereocenters. The number of sulfonamides is 1. The molecule has 190 valence electrons. The molecule has 0 aliphatic carbocycles. The van der Waals surface area contributed by atoms with Gasteiger partial charge in [0.15, 0.2) is 0 Å². The van der Waals surface area contributed by atoms with Crippen LogP contribution in [0, 0.1) is 11.7 Å². The smallest absolute Gasteiger partial charge is 0.308 e. The molecule has 1 aliphatic rings. The number of nitrogens with zero attached hydrogens (tertiary/aromatic N) is 3. The van der Waals surface area contributed by atoms with Crippen LogP contribution in [0.25, 0.3) is 17.3 Å². The van der Waals surface area contributed by atoms with Crippen LogP contribution in [0.5, 0.6) is 0 Å². The van der Waals surface area contributed by atoms with E-state index >= 15 is 0 Å². The highest BCUT2D eigenvalue weighted by Gasteiger charge is 2.32. The minimum Gasteiger partial charge on any atom is -0.469 e. The zero-order valence-corrected chi connectivity index (χ0v) is 21.7. The summed E-state index contributed by atoms with van der Waals surface area (Å²) in [5, 5.41) is 0. The van der Waals surface area contributed by atoms with Gasteiger partial charge in [0.25, 0.3) is 0 Å². The predicted octanol–water partition coefficient (Wildman–Crippen LogP) is 4.17. The van der Waals surface area contributed by atoms with Crippen LogP contribution >= 0.6 is 0 Å². The van der Waals surface area contributed by atoms with Crippen molar-refractivity contribution in [2.75, 3.05) is 24.7 Å². The second-order valence-electron chi connectivity index (χ2n) is 9.07. The van der Waals surface area contributed by atoms with Gasteiger partial charge in [-0.25, -0.2) is 27.1 Å². The monoisotopic (exact) mass is 505 g/mol. The van der Waals surface area contributed by atoms with E-state index in [1.807, 2.05) is 32.9 Å². The molecule has 2 aromatic rings. The molecule has 1 saturated heterocycles. The van der Waals surface area contributed by atoms with E-state index in [-0.39, 0.29) is 48.2 Å². The van der Waals surface area contributed by atoms with E-state index in [0.717, 1.165) is 16.1 Å². The first-order chi connectivity index (χ1) is 16.4. The lowest BCUT2D eigenvalue weighted by molar-refractivity contribution is -0.143. The van der Waals surface area contributed by atoms with E-state index < -0.39 is 10.0 Å². The van der Waals surface area contributed by atoms with Crippen molar-refractivity contribution in [3.63, 3.8) is 0 Å². The highest BCUT2D eigenvalue weighted by Crippen LogP contribution is 2.34. The molecule has 0 amide bonds. The first kappa shape index (κ1) is 26.7. The summed E-state index contributed by atoms with van der Waals surface area (Å²) in [6, 6.07) is 5.89. The highest BCUT2D eigenvalue weighted by molar-refractivity contribution is 7.92. The lowest BCUT2D eigenvalue weighted by Crippen LogP contribution is -2.27. The Morgan fingerprint density at radius 2 is 1.94 bits per heavy atom. The maximum Gasteiger partial charge on any atom is 0.308 e. The van der Waals surface area contributed by atoms with Crippen LogP contribution in [-0.4, -0.2) is 57.0 Å². The number of benzene rings is 1. The number of carbonyl (C=O) groups is 1. The Labute approximate surface area is 206 Å². The number of halogens is 1. The maximum atomic E-state index is 13.6. The van der Waals surface area contributed by atoms with Crippen LogP contribution < -0.4 is 4.31 Å². The number of methoxy groups -OCH3 is 1. The highest BCUT2D eigenvalue weighted by atomic mass is 32.2. The van der Waals surface area contributed by atoms with Crippen molar-refractivity contribution >= 4 is 28.0 Å². The van der Waals surface area contributed by atoms with Gasteiger partial charge < -0.3 is 9.47 Å². The fraction of sp³-hybridized carbons (Fsp3) is 0.480. The molecule has 2 heterocycles. The largest absolute Gasteiger partial charge is 0.469 e. The molecule has 3 atom stereocenters. The number of carbonyl (C=O) groups excluding carboxylic acids is 1. The number of aromatic nitrogens is 2. The Kier molecular flexibility index (Phi) is 8.27. The maximum absolute atomic E-state index is 13.6. The van der Waals surface area contributed by atoms with Crippen molar-refractivity contribution in [2.24, 2.45) is 5.92 Å². The van der Waals surface area contributed by atoms with Crippen molar-refractivity contribution in [1.82, 2.24) is 9.97 Å². The normalized spacial score (nSPS) is 20.5. The summed E-state index contributed by atoms with van der Waals surface area (Å²) in [5.74, 6) is -0.655. The summed E-state index contributed by atoms with van der Waals surface area (Å²) in [6.45, 7) is 5.88. The average molecular weight is 506 g/mol. The quantitative estimate of drug-likeness (QED) is 0.497. The molecule has 0 saturated carbocycles. The summed E-state index contributed by atoms with van der Waals surface area (Å²) in [5.41, 5.74) is 2.53. The summed E-state index contributed by atoms with van der Waals surface area (Å²) in [4.78, 5) is 20.8. The Morgan fingerprint density at radius 1 is 1.29 bits per heavy atom. The molecule has 0 bridgehead atoms. The number of esters is 1. The van der Waals surface area contributed by atoms with E-state index in [0.29, 0.717) is 23.4 Å². The molecule has 0 radical (unpaired) electrons. The van der Waals surface area contributed by atoms with Crippen LogP contribution in [0.1, 0.15) is 50.8 Å². The lowest BCUT2D eigenvalue weighted by Gasteiger charge is -2.20. The van der Waals surface area contributed by atoms with Crippen LogP contribution in [0.4, 0.5) is 10.3 Å². The van der Waals surface area contributed by atoms with E-state index in [1.54, 1.807) is 12.1 Å². The molecule has 1 aromatic carbocycles. The van der Waals surface area contributed by atoms with Crippen molar-refractivity contribution in [2.45, 2.75) is 51.7 Å². The number of hydrogen-bond acceptors (Lipinski definition) is 7. The lowest BCUT2D eigenvalue weighted by atomic mass is 9.94. The third-order valence-corrected chi connectivity index (χ3v) is 7.24. The minimum atomic E-state index is -3.59. The fourth-order valence-corrected chi connectivity index (χ4v) is 4.38. The van der Waals surface area contributed by atoms with Crippen LogP contribution in [0.15, 0.2) is 30.3 Å². The number of ether oxygens (including phenoxy) is 2. The molecule has 8 nitrogen and oxygen atoms in total. The van der Waals surface area contributed by atoms with Gasteiger partial charge >= 0.3 is 5.97 Å². The Hall–Kier alpha value is -2.85. The summed E-state index contributed by atoms with van der Waals surface area (Å²) >= 11 is 0. The van der Waals surface area contributed by atoms with Gasteiger partial charge in [-0.2, -0.15) is 0 Å². The minimum absolute atomic E-state index is 0.0448. The van der Waals surface area contributed by atoms with E-state index in [9.17, 15) is 17.6 Å². The molecule has 10 heteroatoms. The molecule has 3 rings (SSSR count). The SMILES string of the molecule is COC(=O)CC1CC(/C=C/c2c(-c3ccc(F)cc3)nc(N(C)S(C)(=O)=O)nc2C(C)C)C(C)O1. The van der Waals surface area contributed by atoms with Gasteiger partial charge in [0, 0.05) is 24.1 Å². The van der Waals surface area contributed by atoms with Crippen molar-refractivity contribution in [3.05, 3.63) is 47.4 Å². The molecule has 0 N–H and O–H groups in total. The Bertz CT molecular complexity index is 1200. The zero-order valence-electron chi connectivity index (χ0n) is 20.9. The topological polar surface area (TPSA) is 98.7 Å². The van der Waals surface area contributed by atoms with Gasteiger partial charge in [-0.3, -0.25) is 4.79 Å². The second kappa shape index (κ2) is 10.8. The molecular formula is C25H32FN3O5S. The first-order valence-corrected chi connectivity index (χ1v) is 13.3. The average Bonchev–Trinajstić information content (AvgIpc) is 3.14. The van der Waals surface area contributed by atoms with Crippen molar-refractivity contribution < 1.29 is 27.1 Å². The van der Waals surface area contributed by atoms with E-state index in [1.165, 1.54) is 26.3 Å². The van der Waals surface area contributed by atoms with E-state index in [2.05, 4.69) is 9.97 Å². The first-order valence-electron chi connectivity index (χ1n) is 11.4. The van der Waals surface area contributed by atoms with Crippen LogP contribution in [-0.2, 0) is 24.3 Å². The van der Waals surface area contributed by atoms with Crippen LogP contribution in [0.2, 0.25) is 0 Å². The summed E-state index contributed by atoms with van der Waals surface area (Å²) in [7, 11) is -0.837. The standard InChI is InChI=1S/C25H32FN3O5S/c1-15(2)23-21(12-9-18-13-20(34-16(18)3)14-22(30)33-5)24(17-7-10-19(26)11-8-17)28-25(27-23)29(4)35(6,31)32/h7-12,15-16,18,20H,13-14H2,1-6H3/b12-9+. The molecule has 1 aliphatic heterocycles. The number of rotatable bonds is 8. The number of anilines is 1.